The van der Waals surface area contributed by atoms with Crippen molar-refractivity contribution in [1.82, 2.24) is 15.2 Å². The molecule has 2 aromatic carbocycles. The molecule has 7 nitrogen and oxygen atoms in total. The Kier molecular flexibility index (Phi) is 6.78. The van der Waals surface area contributed by atoms with Crippen molar-refractivity contribution in [3.63, 3.8) is 0 Å². The molecule has 1 amide bonds. The molecule has 0 bridgehead atoms. The lowest BCUT2D eigenvalue weighted by molar-refractivity contribution is 0.100. The molecule has 0 atom stereocenters. The zero-order valence-corrected chi connectivity index (χ0v) is 20.0. The van der Waals surface area contributed by atoms with E-state index in [1.54, 1.807) is 31.4 Å². The van der Waals surface area contributed by atoms with E-state index >= 15 is 0 Å². The zero-order chi connectivity index (χ0) is 23.5. The van der Waals surface area contributed by atoms with Crippen LogP contribution >= 0.6 is 34.5 Å². The minimum Gasteiger partial charge on any atom is -0.496 e. The summed E-state index contributed by atoms with van der Waals surface area (Å²) in [5, 5.41) is 10.3. The van der Waals surface area contributed by atoms with Crippen molar-refractivity contribution < 1.29 is 14.3 Å². The normalized spacial score (nSPS) is 10.8. The number of primary amides is 1. The van der Waals surface area contributed by atoms with Gasteiger partial charge >= 0.3 is 0 Å². The van der Waals surface area contributed by atoms with Crippen LogP contribution in [0.1, 0.15) is 21.1 Å². The Morgan fingerprint density at radius 2 is 1.85 bits per heavy atom. The maximum atomic E-state index is 12.5. The van der Waals surface area contributed by atoms with Gasteiger partial charge in [0.1, 0.15) is 23.8 Å². The highest BCUT2D eigenvalue weighted by Gasteiger charge is 2.23. The van der Waals surface area contributed by atoms with Gasteiger partial charge in [-0.05, 0) is 31.2 Å². The first-order valence-electron chi connectivity index (χ1n) is 9.72. The lowest BCUT2D eigenvalue weighted by Crippen LogP contribution is -2.15. The minimum atomic E-state index is -0.623. The van der Waals surface area contributed by atoms with Crippen molar-refractivity contribution in [2.75, 3.05) is 7.11 Å². The molecule has 10 heteroatoms. The van der Waals surface area contributed by atoms with Gasteiger partial charge in [-0.15, -0.1) is 10.2 Å². The summed E-state index contributed by atoms with van der Waals surface area (Å²) in [6, 6.07) is 14.2. The Labute approximate surface area is 204 Å². The second kappa shape index (κ2) is 9.74. The molecule has 0 aliphatic carbocycles. The summed E-state index contributed by atoms with van der Waals surface area (Å²) in [7, 11) is 1.57. The number of nitrogens with zero attached hydrogens (tertiary/aromatic N) is 3. The number of halogens is 2. The third-order valence-electron chi connectivity index (χ3n) is 4.71. The van der Waals surface area contributed by atoms with E-state index in [2.05, 4.69) is 15.2 Å². The first-order chi connectivity index (χ1) is 15.9. The molecular weight excluding hydrogens is 483 g/mol. The van der Waals surface area contributed by atoms with Crippen molar-refractivity contribution in [3.8, 4) is 33.3 Å². The van der Waals surface area contributed by atoms with Crippen LogP contribution in [0.25, 0.3) is 21.8 Å². The smallest absolute Gasteiger partial charge is 0.251 e. The summed E-state index contributed by atoms with van der Waals surface area (Å²) < 4.78 is 11.2. The molecule has 0 saturated heterocycles. The number of hydrogen-bond acceptors (Lipinski definition) is 7. The molecule has 2 N–H and O–H groups in total. The van der Waals surface area contributed by atoms with E-state index in [9.17, 15) is 4.79 Å². The second-order valence-corrected chi connectivity index (χ2v) is 8.84. The van der Waals surface area contributed by atoms with Crippen LogP contribution in [0.2, 0.25) is 10.0 Å². The van der Waals surface area contributed by atoms with Gasteiger partial charge in [-0.2, -0.15) is 0 Å². The highest BCUT2D eigenvalue weighted by molar-refractivity contribution is 7.14. The second-order valence-electron chi connectivity index (χ2n) is 6.96. The number of benzene rings is 2. The number of pyridine rings is 1. The van der Waals surface area contributed by atoms with Crippen LogP contribution in [0.3, 0.4) is 0 Å². The fourth-order valence-electron chi connectivity index (χ4n) is 3.28. The summed E-state index contributed by atoms with van der Waals surface area (Å²) >= 11 is 13.2. The zero-order valence-electron chi connectivity index (χ0n) is 17.6. The predicted octanol–water partition coefficient (Wildman–Crippen LogP) is 5.57. The molecule has 0 saturated carbocycles. The Morgan fingerprint density at radius 3 is 2.58 bits per heavy atom. The molecular formula is C23H18Cl2N4O3S. The van der Waals surface area contributed by atoms with Gasteiger partial charge in [-0.1, -0.05) is 52.7 Å². The molecule has 4 aromatic rings. The number of amides is 1. The maximum Gasteiger partial charge on any atom is 0.251 e. The Balaban J connectivity index is 1.71. The van der Waals surface area contributed by atoms with Crippen LogP contribution in [0.4, 0.5) is 0 Å². The van der Waals surface area contributed by atoms with E-state index in [0.717, 1.165) is 5.56 Å². The van der Waals surface area contributed by atoms with E-state index in [-0.39, 0.29) is 12.2 Å². The predicted molar refractivity (Wildman–Crippen MR) is 129 cm³/mol. The number of rotatable bonds is 7. The Hall–Kier alpha value is -3.20. The van der Waals surface area contributed by atoms with E-state index in [0.29, 0.717) is 48.5 Å². The number of aryl methyl sites for hydroxylation is 1. The van der Waals surface area contributed by atoms with Gasteiger partial charge in [-0.3, -0.25) is 4.79 Å². The van der Waals surface area contributed by atoms with Gasteiger partial charge in [0.15, 0.2) is 10.0 Å². The van der Waals surface area contributed by atoms with Crippen molar-refractivity contribution in [3.05, 3.63) is 74.8 Å². The van der Waals surface area contributed by atoms with E-state index in [1.807, 2.05) is 31.2 Å². The summed E-state index contributed by atoms with van der Waals surface area (Å²) in [6.07, 6.45) is 0. The van der Waals surface area contributed by atoms with E-state index in [4.69, 9.17) is 38.4 Å². The molecule has 0 aliphatic heterocycles. The quantitative estimate of drug-likeness (QED) is 0.356. The fourth-order valence-corrected chi connectivity index (χ4v) is 4.31. The van der Waals surface area contributed by atoms with Crippen LogP contribution in [0, 0.1) is 6.92 Å². The number of para-hydroxylation sites is 1. The van der Waals surface area contributed by atoms with Crippen LogP contribution in [-0.2, 0) is 6.61 Å². The third kappa shape index (κ3) is 4.93. The molecule has 2 heterocycles. The van der Waals surface area contributed by atoms with E-state index < -0.39 is 5.91 Å². The first-order valence-corrected chi connectivity index (χ1v) is 11.3. The molecule has 0 fully saturated rings. The van der Waals surface area contributed by atoms with Crippen LogP contribution in [0.5, 0.6) is 11.5 Å². The number of ether oxygens (including phenoxy) is 2. The topological polar surface area (TPSA) is 100 Å². The number of carbonyl (C=O) groups is 1. The fraction of sp³-hybridized carbons (Fsp3) is 0.130. The molecule has 0 unspecified atom stereocenters. The summed E-state index contributed by atoms with van der Waals surface area (Å²) in [5.74, 6) is 0.540. The van der Waals surface area contributed by atoms with E-state index in [1.165, 1.54) is 11.3 Å². The number of aromatic nitrogens is 3. The summed E-state index contributed by atoms with van der Waals surface area (Å²) in [6.45, 7) is 2.00. The standard InChI is InChI=1S/C23H18Cl2N4O3S/c1-12-9-15(14-5-3-4-6-18(14)31-2)20(22(26)30)21(27-12)23-29-28-19(33-23)11-32-13-7-8-16(24)17(25)10-13/h3-10H,11H2,1-2H3,(H2,26,30). The monoisotopic (exact) mass is 500 g/mol. The van der Waals surface area contributed by atoms with Gasteiger partial charge in [0.2, 0.25) is 0 Å². The first kappa shape index (κ1) is 23.0. The van der Waals surface area contributed by atoms with Crippen LogP contribution in [-0.4, -0.2) is 28.2 Å². The third-order valence-corrected chi connectivity index (χ3v) is 6.36. The van der Waals surface area contributed by atoms with Gasteiger partial charge < -0.3 is 15.2 Å². The van der Waals surface area contributed by atoms with Gasteiger partial charge in [-0.25, -0.2) is 4.98 Å². The molecule has 0 radical (unpaired) electrons. The number of methoxy groups -OCH3 is 1. The Bertz CT molecular complexity index is 1340. The van der Waals surface area contributed by atoms with Gasteiger partial charge in [0.05, 0.1) is 22.7 Å². The maximum absolute atomic E-state index is 12.5. The highest BCUT2D eigenvalue weighted by atomic mass is 35.5. The van der Waals surface area contributed by atoms with Gasteiger partial charge in [0.25, 0.3) is 5.91 Å². The summed E-state index contributed by atoms with van der Waals surface area (Å²) in [4.78, 5) is 17.1. The molecule has 2 aromatic heterocycles. The number of nitrogens with two attached hydrogens (primary N) is 1. The van der Waals surface area contributed by atoms with Crippen molar-refractivity contribution >= 4 is 40.4 Å². The number of carbonyl (C=O) groups excluding carboxylic acids is 1. The van der Waals surface area contributed by atoms with Crippen molar-refractivity contribution in [2.45, 2.75) is 13.5 Å². The SMILES string of the molecule is COc1ccccc1-c1cc(C)nc(-c2nnc(COc3ccc(Cl)c(Cl)c3)s2)c1C(N)=O. The highest BCUT2D eigenvalue weighted by Crippen LogP contribution is 2.37. The molecule has 0 aliphatic rings. The van der Waals surface area contributed by atoms with Crippen molar-refractivity contribution in [1.29, 1.82) is 0 Å². The summed E-state index contributed by atoms with van der Waals surface area (Å²) in [5.41, 5.74) is 8.44. The molecule has 168 valence electrons. The molecule has 4 rings (SSSR count). The molecule has 0 spiro atoms. The largest absolute Gasteiger partial charge is 0.496 e. The van der Waals surface area contributed by atoms with Crippen LogP contribution in [0.15, 0.2) is 48.5 Å². The minimum absolute atomic E-state index is 0.159. The number of hydrogen-bond donors (Lipinski definition) is 1. The average molecular weight is 501 g/mol. The lowest BCUT2D eigenvalue weighted by atomic mass is 9.96. The Morgan fingerprint density at radius 1 is 1.06 bits per heavy atom. The lowest BCUT2D eigenvalue weighted by Gasteiger charge is -2.14. The van der Waals surface area contributed by atoms with Crippen LogP contribution < -0.4 is 15.2 Å². The van der Waals surface area contributed by atoms with Crippen molar-refractivity contribution in [2.24, 2.45) is 5.73 Å². The average Bonchev–Trinajstić information content (AvgIpc) is 3.28. The molecule has 33 heavy (non-hydrogen) atoms. The van der Waals surface area contributed by atoms with Gasteiger partial charge in [0, 0.05) is 22.9 Å².